The molecular weight excluding hydrogens is 274 g/mol. The third-order valence-electron chi connectivity index (χ3n) is 2.92. The van der Waals surface area contributed by atoms with Crippen molar-refractivity contribution in [2.45, 2.75) is 26.3 Å². The summed E-state index contributed by atoms with van der Waals surface area (Å²) in [6, 6.07) is 9.70. The van der Waals surface area contributed by atoms with Gasteiger partial charge < -0.3 is 0 Å². The predicted molar refractivity (Wildman–Crippen MR) is 79.1 cm³/mol. The van der Waals surface area contributed by atoms with E-state index in [4.69, 9.17) is 0 Å². The van der Waals surface area contributed by atoms with Crippen LogP contribution in [0.1, 0.15) is 25.3 Å². The lowest BCUT2D eigenvalue weighted by atomic mass is 10.3. The van der Waals surface area contributed by atoms with Crippen molar-refractivity contribution in [1.29, 1.82) is 0 Å². The van der Waals surface area contributed by atoms with E-state index in [9.17, 15) is 8.42 Å². The SMILES string of the molecule is CCCCS(=O)(=O)NCc1cnn(-c2ccccc2)c1. The summed E-state index contributed by atoms with van der Waals surface area (Å²) in [5, 5.41) is 4.23. The first-order chi connectivity index (χ1) is 9.61. The molecule has 0 radical (unpaired) electrons. The topological polar surface area (TPSA) is 64.0 Å². The molecule has 1 heterocycles. The first-order valence-electron chi connectivity index (χ1n) is 6.67. The largest absolute Gasteiger partial charge is 0.241 e. The van der Waals surface area contributed by atoms with E-state index < -0.39 is 10.0 Å². The fourth-order valence-electron chi connectivity index (χ4n) is 1.77. The molecule has 0 saturated carbocycles. The Bertz CT molecular complexity index is 635. The lowest BCUT2D eigenvalue weighted by Gasteiger charge is -2.04. The smallest absolute Gasteiger partial charge is 0.211 e. The highest BCUT2D eigenvalue weighted by Crippen LogP contribution is 2.07. The molecule has 2 aromatic rings. The van der Waals surface area contributed by atoms with Crippen molar-refractivity contribution in [1.82, 2.24) is 14.5 Å². The molecule has 0 saturated heterocycles. The second-order valence-corrected chi connectivity index (χ2v) is 6.55. The Balaban J connectivity index is 1.97. The van der Waals surface area contributed by atoms with Gasteiger partial charge in [0.1, 0.15) is 0 Å². The highest BCUT2D eigenvalue weighted by atomic mass is 32.2. The van der Waals surface area contributed by atoms with Gasteiger partial charge in [-0.3, -0.25) is 0 Å². The summed E-state index contributed by atoms with van der Waals surface area (Å²) in [5.41, 5.74) is 1.79. The van der Waals surface area contributed by atoms with Gasteiger partial charge in [0.25, 0.3) is 0 Å². The van der Waals surface area contributed by atoms with Crippen LogP contribution in [0, 0.1) is 0 Å². The number of aromatic nitrogens is 2. The van der Waals surface area contributed by atoms with E-state index in [1.54, 1.807) is 10.9 Å². The number of hydrogen-bond acceptors (Lipinski definition) is 3. The van der Waals surface area contributed by atoms with E-state index in [-0.39, 0.29) is 12.3 Å². The lowest BCUT2D eigenvalue weighted by molar-refractivity contribution is 0.578. The van der Waals surface area contributed by atoms with Gasteiger partial charge in [-0.2, -0.15) is 5.10 Å². The molecule has 2 rings (SSSR count). The maximum absolute atomic E-state index is 11.7. The number of para-hydroxylation sites is 1. The minimum Gasteiger partial charge on any atom is -0.241 e. The maximum Gasteiger partial charge on any atom is 0.211 e. The van der Waals surface area contributed by atoms with Gasteiger partial charge in [0.15, 0.2) is 0 Å². The van der Waals surface area contributed by atoms with Gasteiger partial charge in [-0.05, 0) is 18.6 Å². The molecule has 0 atom stereocenters. The monoisotopic (exact) mass is 293 g/mol. The van der Waals surface area contributed by atoms with Gasteiger partial charge >= 0.3 is 0 Å². The molecule has 0 aliphatic rings. The number of rotatable bonds is 7. The van der Waals surface area contributed by atoms with Crippen LogP contribution in [-0.2, 0) is 16.6 Å². The molecule has 1 N–H and O–H groups in total. The average Bonchev–Trinajstić information content (AvgIpc) is 2.93. The molecule has 108 valence electrons. The summed E-state index contributed by atoms with van der Waals surface area (Å²) in [6.45, 7) is 2.25. The summed E-state index contributed by atoms with van der Waals surface area (Å²) < 4.78 is 27.7. The number of benzene rings is 1. The van der Waals surface area contributed by atoms with Crippen molar-refractivity contribution >= 4 is 10.0 Å². The van der Waals surface area contributed by atoms with E-state index in [1.807, 2.05) is 43.5 Å². The second-order valence-electron chi connectivity index (χ2n) is 4.62. The number of hydrogen-bond donors (Lipinski definition) is 1. The molecule has 5 nitrogen and oxygen atoms in total. The van der Waals surface area contributed by atoms with Crippen molar-refractivity contribution in [3.05, 3.63) is 48.3 Å². The molecule has 1 aromatic heterocycles. The molecule has 0 aliphatic heterocycles. The molecule has 1 aromatic carbocycles. The fourth-order valence-corrected chi connectivity index (χ4v) is 2.97. The van der Waals surface area contributed by atoms with Gasteiger partial charge in [0.05, 0.1) is 17.6 Å². The minimum absolute atomic E-state index is 0.177. The van der Waals surface area contributed by atoms with Crippen molar-refractivity contribution < 1.29 is 8.42 Å². The first-order valence-corrected chi connectivity index (χ1v) is 8.32. The normalized spacial score (nSPS) is 11.7. The van der Waals surface area contributed by atoms with Crippen LogP contribution in [0.2, 0.25) is 0 Å². The van der Waals surface area contributed by atoms with Crippen LogP contribution < -0.4 is 4.72 Å². The van der Waals surface area contributed by atoms with Crippen LogP contribution in [0.3, 0.4) is 0 Å². The van der Waals surface area contributed by atoms with Crippen LogP contribution in [-0.4, -0.2) is 24.0 Å². The van der Waals surface area contributed by atoms with Crippen molar-refractivity contribution in [3.63, 3.8) is 0 Å². The van der Waals surface area contributed by atoms with E-state index in [0.717, 1.165) is 17.7 Å². The molecule has 0 bridgehead atoms. The summed E-state index contributed by atoms with van der Waals surface area (Å²) in [4.78, 5) is 0. The van der Waals surface area contributed by atoms with E-state index in [0.29, 0.717) is 6.42 Å². The Morgan fingerprint density at radius 1 is 1.25 bits per heavy atom. The molecule has 20 heavy (non-hydrogen) atoms. The van der Waals surface area contributed by atoms with Gasteiger partial charge in [-0.15, -0.1) is 0 Å². The Kier molecular flexibility index (Phi) is 4.92. The Hall–Kier alpha value is -1.66. The van der Waals surface area contributed by atoms with Crippen LogP contribution >= 0.6 is 0 Å². The van der Waals surface area contributed by atoms with Crippen molar-refractivity contribution in [2.24, 2.45) is 0 Å². The zero-order chi connectivity index (χ0) is 14.4. The Morgan fingerprint density at radius 3 is 2.70 bits per heavy atom. The minimum atomic E-state index is -3.18. The molecule has 6 heteroatoms. The number of unbranched alkanes of at least 4 members (excludes halogenated alkanes) is 1. The average molecular weight is 293 g/mol. The lowest BCUT2D eigenvalue weighted by Crippen LogP contribution is -2.25. The molecule has 0 spiro atoms. The van der Waals surface area contributed by atoms with Gasteiger partial charge in [-0.1, -0.05) is 31.5 Å². The predicted octanol–water partition coefficient (Wildman–Crippen LogP) is 2.09. The highest BCUT2D eigenvalue weighted by molar-refractivity contribution is 7.89. The van der Waals surface area contributed by atoms with Crippen molar-refractivity contribution in [2.75, 3.05) is 5.75 Å². The summed E-state index contributed by atoms with van der Waals surface area (Å²) in [5.74, 6) is 0.177. The quantitative estimate of drug-likeness (QED) is 0.850. The van der Waals surface area contributed by atoms with E-state index in [2.05, 4.69) is 9.82 Å². The van der Waals surface area contributed by atoms with Crippen LogP contribution in [0.4, 0.5) is 0 Å². The van der Waals surface area contributed by atoms with Gasteiger partial charge in [0, 0.05) is 18.3 Å². The zero-order valence-corrected chi connectivity index (χ0v) is 12.3. The maximum atomic E-state index is 11.7. The summed E-state index contributed by atoms with van der Waals surface area (Å²) >= 11 is 0. The van der Waals surface area contributed by atoms with Gasteiger partial charge in [-0.25, -0.2) is 17.8 Å². The molecule has 0 unspecified atom stereocenters. The fraction of sp³-hybridized carbons (Fsp3) is 0.357. The number of sulfonamides is 1. The van der Waals surface area contributed by atoms with Gasteiger partial charge in [0.2, 0.25) is 10.0 Å². The Morgan fingerprint density at radius 2 is 2.00 bits per heavy atom. The Labute approximate surface area is 119 Å². The van der Waals surface area contributed by atoms with E-state index >= 15 is 0 Å². The number of nitrogens with one attached hydrogen (secondary N) is 1. The molecule has 0 aliphatic carbocycles. The summed E-state index contributed by atoms with van der Waals surface area (Å²) in [6.07, 6.45) is 5.05. The zero-order valence-electron chi connectivity index (χ0n) is 11.5. The molecular formula is C14H19N3O2S. The van der Waals surface area contributed by atoms with E-state index in [1.165, 1.54) is 0 Å². The molecule has 0 fully saturated rings. The standard InChI is InChI=1S/C14H19N3O2S/c1-2-3-9-20(18,19)16-11-13-10-15-17(12-13)14-7-5-4-6-8-14/h4-8,10,12,16H,2-3,9,11H2,1H3. The third-order valence-corrected chi connectivity index (χ3v) is 4.33. The number of nitrogens with zero attached hydrogens (tertiary/aromatic N) is 2. The molecule has 0 amide bonds. The van der Waals surface area contributed by atoms with Crippen LogP contribution in [0.15, 0.2) is 42.7 Å². The van der Waals surface area contributed by atoms with Crippen LogP contribution in [0.25, 0.3) is 5.69 Å². The van der Waals surface area contributed by atoms with Crippen LogP contribution in [0.5, 0.6) is 0 Å². The summed E-state index contributed by atoms with van der Waals surface area (Å²) in [7, 11) is -3.18. The second kappa shape index (κ2) is 6.67. The third kappa shape index (κ3) is 4.18. The first kappa shape index (κ1) is 14.7. The van der Waals surface area contributed by atoms with Crippen molar-refractivity contribution in [3.8, 4) is 5.69 Å². The highest BCUT2D eigenvalue weighted by Gasteiger charge is 2.09.